The Kier molecular flexibility index (Phi) is 3.45. The summed E-state index contributed by atoms with van der Waals surface area (Å²) in [4.78, 5) is 22.2. The minimum Gasteiger partial charge on any atom is -0.320 e. The zero-order chi connectivity index (χ0) is 15.5. The molecule has 2 aromatic rings. The minimum atomic E-state index is -0.494. The van der Waals surface area contributed by atoms with Crippen molar-refractivity contribution in [3.05, 3.63) is 69.8 Å². The Morgan fingerprint density at radius 2 is 1.82 bits per heavy atom. The molecule has 1 aliphatic heterocycles. The quantitative estimate of drug-likeness (QED) is 0.534. The van der Waals surface area contributed by atoms with Crippen LogP contribution in [0.15, 0.2) is 58.7 Å². The lowest BCUT2D eigenvalue weighted by atomic mass is 10.1. The number of para-hydroxylation sites is 2. The van der Waals surface area contributed by atoms with Gasteiger partial charge in [0, 0.05) is 11.6 Å². The highest BCUT2D eigenvalue weighted by molar-refractivity contribution is 6.53. The predicted molar refractivity (Wildman–Crippen MR) is 82.3 cm³/mol. The number of carbonyl (C=O) groups excluding carboxylic acids is 1. The Hall–Kier alpha value is -3.35. The number of fused-ring (bicyclic) bond motifs is 1. The summed E-state index contributed by atoms with van der Waals surface area (Å²) < 4.78 is 0. The molecule has 1 aliphatic rings. The van der Waals surface area contributed by atoms with Crippen molar-refractivity contribution < 1.29 is 9.72 Å². The zero-order valence-electron chi connectivity index (χ0n) is 11.3. The first-order valence-electron chi connectivity index (χ1n) is 6.42. The second kappa shape index (κ2) is 5.57. The molecule has 0 aromatic heterocycles. The number of nitrogens with one attached hydrogen (secondary N) is 1. The fraction of sp³-hybridized carbons (Fsp3) is 0. The first kappa shape index (κ1) is 13.6. The van der Waals surface area contributed by atoms with E-state index >= 15 is 0 Å². The predicted octanol–water partition coefficient (Wildman–Crippen LogP) is 2.37. The van der Waals surface area contributed by atoms with E-state index in [0.717, 1.165) is 0 Å². The van der Waals surface area contributed by atoms with Gasteiger partial charge in [0.1, 0.15) is 0 Å². The molecule has 0 saturated carbocycles. The second-order valence-electron chi connectivity index (χ2n) is 4.51. The summed E-state index contributed by atoms with van der Waals surface area (Å²) in [5.41, 5.74) is 1.77. The van der Waals surface area contributed by atoms with Crippen molar-refractivity contribution in [2.75, 3.05) is 5.32 Å². The Bertz CT molecular complexity index is 827. The number of hydrogen-bond acceptors (Lipinski definition) is 5. The molecule has 22 heavy (non-hydrogen) atoms. The van der Waals surface area contributed by atoms with Gasteiger partial charge >= 0.3 is 0 Å². The lowest BCUT2D eigenvalue weighted by molar-refractivity contribution is -0.385. The average molecular weight is 294 g/mol. The van der Waals surface area contributed by atoms with Gasteiger partial charge in [0.05, 0.1) is 22.4 Å². The number of anilines is 1. The van der Waals surface area contributed by atoms with E-state index in [1.54, 1.807) is 42.5 Å². The second-order valence-corrected chi connectivity index (χ2v) is 4.51. The van der Waals surface area contributed by atoms with Gasteiger partial charge in [-0.2, -0.15) is 5.10 Å². The molecule has 0 aliphatic carbocycles. The lowest BCUT2D eigenvalue weighted by Crippen LogP contribution is -2.13. The van der Waals surface area contributed by atoms with Crippen LogP contribution < -0.4 is 5.32 Å². The summed E-state index contributed by atoms with van der Waals surface area (Å²) in [6, 6.07) is 13.3. The Morgan fingerprint density at radius 1 is 1.09 bits per heavy atom. The van der Waals surface area contributed by atoms with Gasteiger partial charge in [-0.25, -0.2) is 0 Å². The molecule has 1 amide bonds. The topological polar surface area (TPSA) is 97.0 Å². The molecule has 7 heteroatoms. The molecule has 2 aromatic carbocycles. The minimum absolute atomic E-state index is 0.0669. The van der Waals surface area contributed by atoms with Gasteiger partial charge in [-0.3, -0.25) is 14.9 Å². The highest BCUT2D eigenvalue weighted by Gasteiger charge is 2.25. The number of benzene rings is 2. The summed E-state index contributed by atoms with van der Waals surface area (Å²) >= 11 is 0. The van der Waals surface area contributed by atoms with Gasteiger partial charge in [0.25, 0.3) is 11.6 Å². The molecule has 0 saturated heterocycles. The van der Waals surface area contributed by atoms with Gasteiger partial charge in [0.2, 0.25) is 0 Å². The molecule has 7 nitrogen and oxygen atoms in total. The molecular weight excluding hydrogens is 284 g/mol. The van der Waals surface area contributed by atoms with Crippen LogP contribution in [0.5, 0.6) is 0 Å². The Morgan fingerprint density at radius 3 is 2.64 bits per heavy atom. The maximum Gasteiger partial charge on any atom is 0.278 e. The molecule has 108 valence electrons. The lowest BCUT2D eigenvalue weighted by Gasteiger charge is -1.95. The van der Waals surface area contributed by atoms with Crippen molar-refractivity contribution in [1.29, 1.82) is 0 Å². The van der Waals surface area contributed by atoms with E-state index in [1.807, 2.05) is 0 Å². The molecule has 0 atom stereocenters. The van der Waals surface area contributed by atoms with Gasteiger partial charge in [-0.15, -0.1) is 5.10 Å². The normalized spacial score (nSPS) is 15.1. The first-order valence-corrected chi connectivity index (χ1v) is 6.42. The fourth-order valence-corrected chi connectivity index (χ4v) is 2.11. The summed E-state index contributed by atoms with van der Waals surface area (Å²) in [7, 11) is 0. The van der Waals surface area contributed by atoms with Gasteiger partial charge in [-0.1, -0.05) is 30.3 Å². The summed E-state index contributed by atoms with van der Waals surface area (Å²) in [6.45, 7) is 0. The SMILES string of the molecule is O=C1Nc2ccccc2/C1=N/N=C\c1ccccc1[N+](=O)[O-]. The van der Waals surface area contributed by atoms with Crippen molar-refractivity contribution in [2.45, 2.75) is 0 Å². The van der Waals surface area contributed by atoms with Crippen molar-refractivity contribution in [2.24, 2.45) is 10.2 Å². The van der Waals surface area contributed by atoms with Crippen molar-refractivity contribution in [1.82, 2.24) is 0 Å². The molecule has 0 radical (unpaired) electrons. The van der Waals surface area contributed by atoms with Crippen LogP contribution >= 0.6 is 0 Å². The van der Waals surface area contributed by atoms with E-state index in [9.17, 15) is 14.9 Å². The number of nitrogens with zero attached hydrogens (tertiary/aromatic N) is 3. The zero-order valence-corrected chi connectivity index (χ0v) is 11.3. The molecule has 3 rings (SSSR count). The maximum absolute atomic E-state index is 11.8. The third-order valence-electron chi connectivity index (χ3n) is 3.13. The van der Waals surface area contributed by atoms with Gasteiger partial charge < -0.3 is 5.32 Å². The third-order valence-corrected chi connectivity index (χ3v) is 3.13. The van der Waals surface area contributed by atoms with Crippen LogP contribution in [0.1, 0.15) is 11.1 Å². The summed E-state index contributed by atoms with van der Waals surface area (Å²) in [5.74, 6) is -0.346. The third kappa shape index (κ3) is 2.47. The number of hydrogen-bond donors (Lipinski definition) is 1. The summed E-state index contributed by atoms with van der Waals surface area (Å²) in [6.07, 6.45) is 1.26. The highest BCUT2D eigenvalue weighted by Crippen LogP contribution is 2.22. The maximum atomic E-state index is 11.8. The van der Waals surface area contributed by atoms with Crippen LogP contribution in [-0.4, -0.2) is 22.8 Å². The molecule has 1 heterocycles. The van der Waals surface area contributed by atoms with E-state index in [4.69, 9.17) is 0 Å². The summed E-state index contributed by atoms with van der Waals surface area (Å²) in [5, 5.41) is 21.3. The monoisotopic (exact) mass is 294 g/mol. The fourth-order valence-electron chi connectivity index (χ4n) is 2.11. The van der Waals surface area contributed by atoms with Crippen LogP contribution in [0, 0.1) is 10.1 Å². The molecule has 1 N–H and O–H groups in total. The molecule has 0 bridgehead atoms. The largest absolute Gasteiger partial charge is 0.320 e. The van der Waals surface area contributed by atoms with Crippen molar-refractivity contribution in [3.63, 3.8) is 0 Å². The molecule has 0 unspecified atom stereocenters. The van der Waals surface area contributed by atoms with E-state index in [1.165, 1.54) is 12.3 Å². The highest BCUT2D eigenvalue weighted by atomic mass is 16.6. The number of nitro groups is 1. The smallest absolute Gasteiger partial charge is 0.278 e. The Labute approximate surface area is 125 Å². The number of carbonyl (C=O) groups is 1. The van der Waals surface area contributed by atoms with Crippen molar-refractivity contribution in [3.8, 4) is 0 Å². The Balaban J connectivity index is 1.92. The van der Waals surface area contributed by atoms with Crippen molar-refractivity contribution >= 4 is 29.2 Å². The van der Waals surface area contributed by atoms with E-state index in [0.29, 0.717) is 16.8 Å². The molecular formula is C15H10N4O3. The van der Waals surface area contributed by atoms with E-state index < -0.39 is 4.92 Å². The standard InChI is InChI=1S/C15H10N4O3/c20-15-14(11-6-2-3-7-12(11)17-15)18-16-9-10-5-1-4-8-13(10)19(21)22/h1-9H,(H,17,18,20)/b16-9-. The number of amides is 1. The van der Waals surface area contributed by atoms with Crippen LogP contribution in [0.2, 0.25) is 0 Å². The van der Waals surface area contributed by atoms with E-state index in [2.05, 4.69) is 15.5 Å². The first-order chi connectivity index (χ1) is 10.7. The van der Waals surface area contributed by atoms with Gasteiger partial charge in [-0.05, 0) is 12.1 Å². The van der Waals surface area contributed by atoms with E-state index in [-0.39, 0.29) is 17.3 Å². The van der Waals surface area contributed by atoms with Crippen LogP contribution in [0.25, 0.3) is 0 Å². The average Bonchev–Trinajstić information content (AvgIpc) is 2.83. The number of nitro benzene ring substituents is 1. The van der Waals surface area contributed by atoms with Crippen LogP contribution in [0.4, 0.5) is 11.4 Å². The van der Waals surface area contributed by atoms with Crippen LogP contribution in [0.3, 0.4) is 0 Å². The van der Waals surface area contributed by atoms with Crippen LogP contribution in [-0.2, 0) is 4.79 Å². The molecule has 0 fully saturated rings. The van der Waals surface area contributed by atoms with Gasteiger partial charge in [0.15, 0.2) is 5.71 Å². The molecule has 0 spiro atoms. The number of rotatable bonds is 3.